The molecular weight excluding hydrogens is 324 g/mol. The van der Waals surface area contributed by atoms with E-state index in [0.29, 0.717) is 0 Å². The summed E-state index contributed by atoms with van der Waals surface area (Å²) in [4.78, 5) is 17.2. The molecule has 2 unspecified atom stereocenters. The first-order valence-electron chi connectivity index (χ1n) is 9.21. The number of hydrogen-bond acceptors (Lipinski definition) is 3. The molecule has 1 aliphatic rings. The van der Waals surface area contributed by atoms with Crippen LogP contribution in [0.2, 0.25) is 0 Å². The number of amides is 1. The van der Waals surface area contributed by atoms with E-state index < -0.39 is 0 Å². The van der Waals surface area contributed by atoms with Crippen molar-refractivity contribution in [2.24, 2.45) is 11.7 Å². The number of imidazole rings is 1. The third-order valence-corrected chi connectivity index (χ3v) is 5.21. The average Bonchev–Trinajstić information content (AvgIpc) is 3.08. The zero-order valence-corrected chi connectivity index (χ0v) is 15.0. The quantitative estimate of drug-likeness (QED) is 0.757. The van der Waals surface area contributed by atoms with Crippen molar-refractivity contribution in [1.29, 1.82) is 0 Å². The number of aryl methyl sites for hydroxylation is 1. The maximum Gasteiger partial charge on any atom is 0.227 e. The van der Waals surface area contributed by atoms with Crippen LogP contribution in [-0.2, 0) is 4.79 Å². The van der Waals surface area contributed by atoms with E-state index in [1.54, 1.807) is 0 Å². The number of nitrogens with zero attached hydrogens (tertiary/aromatic N) is 2. The van der Waals surface area contributed by atoms with Gasteiger partial charge in [-0.25, -0.2) is 4.98 Å². The van der Waals surface area contributed by atoms with E-state index in [1.165, 1.54) is 0 Å². The van der Waals surface area contributed by atoms with Gasteiger partial charge in [0.25, 0.3) is 0 Å². The molecule has 2 aromatic heterocycles. The van der Waals surface area contributed by atoms with E-state index in [9.17, 15) is 4.79 Å². The minimum absolute atomic E-state index is 0.0276. The summed E-state index contributed by atoms with van der Waals surface area (Å²) >= 11 is 0. The number of carbonyl (C=O) groups is 1. The van der Waals surface area contributed by atoms with Crippen LogP contribution in [0.1, 0.15) is 31.2 Å². The van der Waals surface area contributed by atoms with Crippen LogP contribution in [0.3, 0.4) is 0 Å². The summed E-state index contributed by atoms with van der Waals surface area (Å²) in [6.07, 6.45) is 7.80. The molecule has 2 heterocycles. The lowest BCUT2D eigenvalue weighted by Gasteiger charge is -2.25. The minimum atomic E-state index is 0.0276. The summed E-state index contributed by atoms with van der Waals surface area (Å²) in [6.45, 7) is 2.06. The Morgan fingerprint density at radius 2 is 2.04 bits per heavy atom. The van der Waals surface area contributed by atoms with Crippen molar-refractivity contribution in [3.63, 3.8) is 0 Å². The highest BCUT2D eigenvalue weighted by Crippen LogP contribution is 2.26. The fraction of sp³-hybridized carbons (Fsp3) is 0.333. The maximum absolute atomic E-state index is 12.4. The van der Waals surface area contributed by atoms with E-state index in [1.807, 2.05) is 47.1 Å². The SMILES string of the molecule is Cc1cccn2cc(-c3ccc(NC(=O)C4CCCC(N)C4)cc3)nc12. The van der Waals surface area contributed by atoms with E-state index in [-0.39, 0.29) is 17.9 Å². The van der Waals surface area contributed by atoms with Crippen LogP contribution in [0, 0.1) is 12.8 Å². The zero-order valence-electron chi connectivity index (χ0n) is 15.0. The van der Waals surface area contributed by atoms with E-state index in [0.717, 1.165) is 53.8 Å². The molecule has 0 aliphatic heterocycles. The summed E-state index contributed by atoms with van der Waals surface area (Å²) in [5, 5.41) is 3.03. The van der Waals surface area contributed by atoms with Gasteiger partial charge in [0, 0.05) is 35.6 Å². The largest absolute Gasteiger partial charge is 0.328 e. The number of pyridine rings is 1. The standard InChI is InChI=1S/C21H24N4O/c1-14-4-3-11-25-13-19(24-20(14)25)15-7-9-18(10-8-15)23-21(26)16-5-2-6-17(22)12-16/h3-4,7-11,13,16-17H,2,5-6,12,22H2,1H3,(H,23,26). The number of hydrogen-bond donors (Lipinski definition) is 2. The van der Waals surface area contributed by atoms with E-state index in [4.69, 9.17) is 10.7 Å². The second-order valence-electron chi connectivity index (χ2n) is 7.24. The van der Waals surface area contributed by atoms with E-state index >= 15 is 0 Å². The smallest absolute Gasteiger partial charge is 0.227 e. The number of nitrogens with two attached hydrogens (primary N) is 1. The zero-order chi connectivity index (χ0) is 18.1. The number of fused-ring (bicyclic) bond motifs is 1. The van der Waals surface area contributed by atoms with Gasteiger partial charge in [-0.1, -0.05) is 24.6 Å². The molecule has 0 bridgehead atoms. The number of benzene rings is 1. The number of nitrogens with one attached hydrogen (secondary N) is 1. The predicted molar refractivity (Wildman–Crippen MR) is 104 cm³/mol. The van der Waals surface area contributed by atoms with Crippen LogP contribution in [0.5, 0.6) is 0 Å². The van der Waals surface area contributed by atoms with Gasteiger partial charge in [-0.2, -0.15) is 0 Å². The summed E-state index contributed by atoms with van der Waals surface area (Å²) in [5.74, 6) is 0.107. The third-order valence-electron chi connectivity index (χ3n) is 5.21. The first-order valence-corrected chi connectivity index (χ1v) is 9.21. The second kappa shape index (κ2) is 6.92. The Morgan fingerprint density at radius 3 is 2.77 bits per heavy atom. The van der Waals surface area contributed by atoms with Crippen molar-refractivity contribution in [3.8, 4) is 11.3 Å². The molecule has 3 aromatic rings. The highest BCUT2D eigenvalue weighted by Gasteiger charge is 2.25. The molecule has 134 valence electrons. The Labute approximate surface area is 153 Å². The lowest BCUT2D eigenvalue weighted by molar-refractivity contribution is -0.120. The number of aromatic nitrogens is 2. The monoisotopic (exact) mass is 348 g/mol. The molecule has 2 atom stereocenters. The second-order valence-corrected chi connectivity index (χ2v) is 7.24. The van der Waals surface area contributed by atoms with Gasteiger partial charge in [-0.05, 0) is 49.9 Å². The molecule has 0 spiro atoms. The van der Waals surface area contributed by atoms with Gasteiger partial charge in [0.05, 0.1) is 5.69 Å². The van der Waals surface area contributed by atoms with Crippen molar-refractivity contribution in [1.82, 2.24) is 9.38 Å². The highest BCUT2D eigenvalue weighted by atomic mass is 16.1. The summed E-state index contributed by atoms with van der Waals surface area (Å²) < 4.78 is 2.03. The molecule has 5 heteroatoms. The Kier molecular flexibility index (Phi) is 4.47. The third kappa shape index (κ3) is 3.35. The van der Waals surface area contributed by atoms with Gasteiger partial charge in [-0.15, -0.1) is 0 Å². The molecule has 0 saturated heterocycles. The molecule has 4 rings (SSSR count). The van der Waals surface area contributed by atoms with Crippen LogP contribution < -0.4 is 11.1 Å². The molecule has 0 radical (unpaired) electrons. The predicted octanol–water partition coefficient (Wildman–Crippen LogP) is 3.77. The Morgan fingerprint density at radius 1 is 1.23 bits per heavy atom. The minimum Gasteiger partial charge on any atom is -0.328 e. The molecule has 5 nitrogen and oxygen atoms in total. The molecule has 26 heavy (non-hydrogen) atoms. The van der Waals surface area contributed by atoms with Gasteiger partial charge in [0.15, 0.2) is 0 Å². The molecular formula is C21H24N4O. The average molecular weight is 348 g/mol. The van der Waals surface area contributed by atoms with Gasteiger partial charge in [-0.3, -0.25) is 4.79 Å². The Hall–Kier alpha value is -2.66. The van der Waals surface area contributed by atoms with Crippen LogP contribution in [-0.4, -0.2) is 21.3 Å². The summed E-state index contributed by atoms with van der Waals surface area (Å²) in [5.41, 5.74) is 10.9. The van der Waals surface area contributed by atoms with Crippen LogP contribution in [0.15, 0.2) is 48.8 Å². The highest BCUT2D eigenvalue weighted by molar-refractivity contribution is 5.92. The summed E-state index contributed by atoms with van der Waals surface area (Å²) in [7, 11) is 0. The Bertz CT molecular complexity index is 929. The Balaban J connectivity index is 1.49. The molecule has 1 saturated carbocycles. The van der Waals surface area contributed by atoms with E-state index in [2.05, 4.69) is 18.3 Å². The van der Waals surface area contributed by atoms with Crippen LogP contribution in [0.4, 0.5) is 5.69 Å². The van der Waals surface area contributed by atoms with Gasteiger partial charge < -0.3 is 15.5 Å². The summed E-state index contributed by atoms with van der Waals surface area (Å²) in [6, 6.07) is 12.1. The fourth-order valence-corrected chi connectivity index (χ4v) is 3.73. The first kappa shape index (κ1) is 16.8. The molecule has 1 amide bonds. The fourth-order valence-electron chi connectivity index (χ4n) is 3.73. The number of rotatable bonds is 3. The van der Waals surface area contributed by atoms with Crippen molar-refractivity contribution in [2.75, 3.05) is 5.32 Å². The topological polar surface area (TPSA) is 72.4 Å². The molecule has 1 fully saturated rings. The van der Waals surface area contributed by atoms with Crippen molar-refractivity contribution in [2.45, 2.75) is 38.6 Å². The lowest BCUT2D eigenvalue weighted by atomic mass is 9.85. The van der Waals surface area contributed by atoms with Crippen LogP contribution >= 0.6 is 0 Å². The van der Waals surface area contributed by atoms with Crippen molar-refractivity contribution >= 4 is 17.2 Å². The molecule has 1 aliphatic carbocycles. The van der Waals surface area contributed by atoms with Gasteiger partial charge in [0.1, 0.15) is 5.65 Å². The maximum atomic E-state index is 12.4. The van der Waals surface area contributed by atoms with Gasteiger partial charge in [0.2, 0.25) is 5.91 Å². The molecule has 1 aromatic carbocycles. The molecule has 3 N–H and O–H groups in total. The van der Waals surface area contributed by atoms with Crippen molar-refractivity contribution in [3.05, 3.63) is 54.4 Å². The van der Waals surface area contributed by atoms with Crippen molar-refractivity contribution < 1.29 is 4.79 Å². The first-order chi connectivity index (χ1) is 12.6. The normalized spacial score (nSPS) is 20.2. The van der Waals surface area contributed by atoms with Crippen LogP contribution in [0.25, 0.3) is 16.9 Å². The lowest BCUT2D eigenvalue weighted by Crippen LogP contribution is -2.34. The van der Waals surface area contributed by atoms with Gasteiger partial charge >= 0.3 is 0 Å². The number of carbonyl (C=O) groups excluding carboxylic acids is 1. The number of anilines is 1.